The molecule has 0 aliphatic heterocycles. The van der Waals surface area contributed by atoms with Crippen molar-refractivity contribution >= 4 is 0 Å². The molecule has 0 aliphatic rings. The van der Waals surface area contributed by atoms with Crippen molar-refractivity contribution in [1.29, 1.82) is 0 Å². The lowest BCUT2D eigenvalue weighted by molar-refractivity contribution is 0.389. The average Bonchev–Trinajstić information content (AvgIpc) is 1.65. The van der Waals surface area contributed by atoms with Crippen LogP contribution in [-0.2, 0) is 0 Å². The molecule has 0 aliphatic carbocycles. The fraction of sp³-hybridized carbons (Fsp3) is 0.714. The molecule has 0 spiro atoms. The molecule has 0 heterocycles. The fourth-order valence-electron chi connectivity index (χ4n) is 0.314. The van der Waals surface area contributed by atoms with Crippen molar-refractivity contribution in [2.75, 3.05) is 0 Å². The minimum atomic E-state index is -0.227. The van der Waals surface area contributed by atoms with Gasteiger partial charge in [-0.05, 0) is 18.4 Å². The molecule has 0 aromatic rings. The Morgan fingerprint density at radius 3 is 2.11 bits per heavy atom. The summed E-state index contributed by atoms with van der Waals surface area (Å²) in [5.41, 5.74) is 5.31. The highest BCUT2D eigenvalue weighted by Crippen LogP contribution is 2.20. The number of halogens is 1. The SMILES string of the molecule is C[C@H](N)C(C)(C)/C=C/F. The molecule has 0 fully saturated rings. The Labute approximate surface area is 55.7 Å². The lowest BCUT2D eigenvalue weighted by Crippen LogP contribution is -2.32. The molecular weight excluding hydrogens is 117 g/mol. The average molecular weight is 131 g/mol. The van der Waals surface area contributed by atoms with Gasteiger partial charge in [-0.25, -0.2) is 4.39 Å². The molecule has 0 aromatic carbocycles. The van der Waals surface area contributed by atoms with Gasteiger partial charge in [0.1, 0.15) is 0 Å². The Morgan fingerprint density at radius 1 is 1.56 bits per heavy atom. The van der Waals surface area contributed by atoms with Crippen molar-refractivity contribution in [3.8, 4) is 0 Å². The van der Waals surface area contributed by atoms with Crippen LogP contribution in [0.3, 0.4) is 0 Å². The predicted octanol–water partition coefficient (Wildman–Crippen LogP) is 1.84. The highest BCUT2D eigenvalue weighted by molar-refractivity contribution is 4.95. The van der Waals surface area contributed by atoms with E-state index in [-0.39, 0.29) is 11.5 Å². The third-order valence-electron chi connectivity index (χ3n) is 1.67. The topological polar surface area (TPSA) is 26.0 Å². The summed E-state index contributed by atoms with van der Waals surface area (Å²) >= 11 is 0. The van der Waals surface area contributed by atoms with E-state index in [9.17, 15) is 4.39 Å². The molecule has 2 N–H and O–H groups in total. The summed E-state index contributed by atoms with van der Waals surface area (Å²) in [4.78, 5) is 0. The van der Waals surface area contributed by atoms with Crippen LogP contribution in [0.15, 0.2) is 12.4 Å². The van der Waals surface area contributed by atoms with E-state index in [0.717, 1.165) is 0 Å². The zero-order chi connectivity index (χ0) is 7.49. The van der Waals surface area contributed by atoms with Crippen molar-refractivity contribution < 1.29 is 4.39 Å². The Kier molecular flexibility index (Phi) is 2.85. The first-order valence-electron chi connectivity index (χ1n) is 3.04. The van der Waals surface area contributed by atoms with E-state index in [1.165, 1.54) is 6.08 Å². The molecule has 1 nitrogen and oxygen atoms in total. The maximum Gasteiger partial charge on any atom is 0.0833 e. The van der Waals surface area contributed by atoms with Crippen LogP contribution in [0.1, 0.15) is 20.8 Å². The van der Waals surface area contributed by atoms with Gasteiger partial charge in [0.25, 0.3) is 0 Å². The van der Waals surface area contributed by atoms with Gasteiger partial charge in [0.2, 0.25) is 0 Å². The monoisotopic (exact) mass is 131 g/mol. The molecule has 0 bridgehead atoms. The molecule has 0 amide bonds. The number of hydrogen-bond acceptors (Lipinski definition) is 1. The number of nitrogens with two attached hydrogens (primary N) is 1. The molecular formula is C7H14FN. The quantitative estimate of drug-likeness (QED) is 0.608. The number of hydrogen-bond donors (Lipinski definition) is 1. The first-order chi connectivity index (χ1) is 4.00. The van der Waals surface area contributed by atoms with E-state index in [0.29, 0.717) is 6.33 Å². The van der Waals surface area contributed by atoms with Gasteiger partial charge in [-0.15, -0.1) is 0 Å². The summed E-state index contributed by atoms with van der Waals surface area (Å²) in [5.74, 6) is 0. The minimum Gasteiger partial charge on any atom is -0.327 e. The van der Waals surface area contributed by atoms with Gasteiger partial charge in [0, 0.05) is 6.04 Å². The molecule has 0 aromatic heterocycles. The summed E-state index contributed by atoms with van der Waals surface area (Å²) in [5, 5.41) is 0. The van der Waals surface area contributed by atoms with Crippen molar-refractivity contribution in [2.24, 2.45) is 11.1 Å². The van der Waals surface area contributed by atoms with Crippen LogP contribution >= 0.6 is 0 Å². The van der Waals surface area contributed by atoms with Gasteiger partial charge in [-0.1, -0.05) is 13.8 Å². The van der Waals surface area contributed by atoms with E-state index >= 15 is 0 Å². The van der Waals surface area contributed by atoms with Crippen LogP contribution in [0.5, 0.6) is 0 Å². The molecule has 1 atom stereocenters. The van der Waals surface area contributed by atoms with Crippen molar-refractivity contribution in [3.05, 3.63) is 12.4 Å². The van der Waals surface area contributed by atoms with Crippen LogP contribution in [0, 0.1) is 5.41 Å². The fourth-order valence-corrected chi connectivity index (χ4v) is 0.314. The number of rotatable bonds is 2. The summed E-state index contributed by atoms with van der Waals surface area (Å²) < 4.78 is 11.6. The van der Waals surface area contributed by atoms with Gasteiger partial charge in [-0.2, -0.15) is 0 Å². The zero-order valence-electron chi connectivity index (χ0n) is 6.19. The maximum absolute atomic E-state index is 11.6. The largest absolute Gasteiger partial charge is 0.327 e. The first-order valence-corrected chi connectivity index (χ1v) is 3.04. The van der Waals surface area contributed by atoms with E-state index < -0.39 is 0 Å². The van der Waals surface area contributed by atoms with Crippen LogP contribution in [0.25, 0.3) is 0 Å². The van der Waals surface area contributed by atoms with Gasteiger partial charge in [0.15, 0.2) is 0 Å². The minimum absolute atomic E-state index is 0.00972. The summed E-state index contributed by atoms with van der Waals surface area (Å²) in [6, 6.07) is -0.00972. The standard InChI is InChI=1S/C7H14FN/c1-6(9)7(2,3)4-5-8/h4-6H,9H2,1-3H3/b5-4+/t6-/m0/s1. The summed E-state index contributed by atoms with van der Waals surface area (Å²) in [7, 11) is 0. The lowest BCUT2D eigenvalue weighted by atomic mass is 9.86. The van der Waals surface area contributed by atoms with Crippen LogP contribution in [-0.4, -0.2) is 6.04 Å². The van der Waals surface area contributed by atoms with Crippen LogP contribution in [0.2, 0.25) is 0 Å². The molecule has 2 heteroatoms. The van der Waals surface area contributed by atoms with Gasteiger partial charge in [-0.3, -0.25) is 0 Å². The first kappa shape index (κ1) is 8.63. The Hall–Kier alpha value is -0.370. The Balaban J connectivity index is 4.01. The highest BCUT2D eigenvalue weighted by Gasteiger charge is 2.18. The molecule has 0 unspecified atom stereocenters. The summed E-state index contributed by atoms with van der Waals surface area (Å²) in [6.45, 7) is 5.65. The lowest BCUT2D eigenvalue weighted by Gasteiger charge is -2.23. The third-order valence-corrected chi connectivity index (χ3v) is 1.67. The second-order valence-electron chi connectivity index (χ2n) is 2.90. The second kappa shape index (κ2) is 2.97. The van der Waals surface area contributed by atoms with Crippen LogP contribution in [0.4, 0.5) is 4.39 Å². The van der Waals surface area contributed by atoms with Gasteiger partial charge >= 0.3 is 0 Å². The second-order valence-corrected chi connectivity index (χ2v) is 2.90. The maximum atomic E-state index is 11.6. The smallest absolute Gasteiger partial charge is 0.0833 e. The highest BCUT2D eigenvalue weighted by atomic mass is 19.1. The normalized spacial score (nSPS) is 16.6. The third kappa shape index (κ3) is 2.61. The van der Waals surface area contributed by atoms with Gasteiger partial charge < -0.3 is 5.73 Å². The molecule has 9 heavy (non-hydrogen) atoms. The van der Waals surface area contributed by atoms with E-state index in [1.807, 2.05) is 20.8 Å². The predicted molar refractivity (Wildman–Crippen MR) is 37.7 cm³/mol. The van der Waals surface area contributed by atoms with Gasteiger partial charge in [0.05, 0.1) is 6.33 Å². The molecule has 0 saturated heterocycles. The molecule has 0 saturated carbocycles. The molecule has 0 rings (SSSR count). The van der Waals surface area contributed by atoms with Crippen molar-refractivity contribution in [2.45, 2.75) is 26.8 Å². The van der Waals surface area contributed by atoms with Crippen molar-refractivity contribution in [3.63, 3.8) is 0 Å². The van der Waals surface area contributed by atoms with Crippen molar-refractivity contribution in [1.82, 2.24) is 0 Å². The molecule has 54 valence electrons. The Bertz CT molecular complexity index is 105. The Morgan fingerprint density at radius 2 is 2.00 bits per heavy atom. The van der Waals surface area contributed by atoms with E-state index in [4.69, 9.17) is 5.73 Å². The molecule has 0 radical (unpaired) electrons. The summed E-state index contributed by atoms with van der Waals surface area (Å²) in [6.07, 6.45) is 2.01. The van der Waals surface area contributed by atoms with Crippen LogP contribution < -0.4 is 5.73 Å². The van der Waals surface area contributed by atoms with E-state index in [2.05, 4.69) is 0 Å². The zero-order valence-corrected chi connectivity index (χ0v) is 6.19. The van der Waals surface area contributed by atoms with E-state index in [1.54, 1.807) is 0 Å².